The van der Waals surface area contributed by atoms with Gasteiger partial charge in [-0.25, -0.2) is 4.98 Å². The van der Waals surface area contributed by atoms with E-state index in [1.165, 1.54) is 0 Å². The number of pyridine rings is 1. The van der Waals surface area contributed by atoms with Crippen molar-refractivity contribution in [3.63, 3.8) is 0 Å². The minimum Gasteiger partial charge on any atom is -0.244 e. The molecular weight excluding hydrogens is 230 g/mol. The summed E-state index contributed by atoms with van der Waals surface area (Å²) in [6, 6.07) is 9.07. The minimum atomic E-state index is 0.661. The maximum absolute atomic E-state index is 4.45. The summed E-state index contributed by atoms with van der Waals surface area (Å²) >= 11 is 0. The molecule has 0 atom stereocenters. The average Bonchev–Trinajstić information content (AvgIpc) is 2.49. The molecule has 0 unspecified atom stereocenters. The Morgan fingerprint density at radius 1 is 0.611 bits per heavy atom. The van der Waals surface area contributed by atoms with Gasteiger partial charge in [0.2, 0.25) is 0 Å². The first-order chi connectivity index (χ1) is 8.93. The average molecular weight is 237 g/mol. The van der Waals surface area contributed by atoms with Crippen LogP contribution in [-0.2, 0) is 0 Å². The Morgan fingerprint density at radius 2 is 1.17 bits per heavy atom. The van der Waals surface area contributed by atoms with Crippen LogP contribution in [0.5, 0.6) is 0 Å². The van der Waals surface area contributed by atoms with Gasteiger partial charge < -0.3 is 0 Å². The summed E-state index contributed by atoms with van der Waals surface area (Å²) in [4.78, 5) is 4.45. The quantitative estimate of drug-likeness (QED) is 0.650. The molecule has 0 aliphatic rings. The van der Waals surface area contributed by atoms with Crippen LogP contribution in [0.25, 0.3) is 22.8 Å². The van der Waals surface area contributed by atoms with Crippen molar-refractivity contribution in [2.24, 2.45) is 0 Å². The van der Waals surface area contributed by atoms with Gasteiger partial charge >= 0.3 is 0 Å². The third kappa shape index (κ3) is 2.01. The molecule has 18 heavy (non-hydrogen) atoms. The lowest BCUT2D eigenvalue weighted by Crippen LogP contribution is -1.95. The number of hydrogen-bond donors (Lipinski definition) is 0. The third-order valence-corrected chi connectivity index (χ3v) is 2.28. The summed E-state index contributed by atoms with van der Waals surface area (Å²) in [5.74, 6) is 0. The van der Waals surface area contributed by atoms with Crippen LogP contribution < -0.4 is 0 Å². The van der Waals surface area contributed by atoms with Crippen molar-refractivity contribution in [3.8, 4) is 22.8 Å². The highest BCUT2D eigenvalue weighted by Crippen LogP contribution is 2.18. The first-order valence-corrected chi connectivity index (χ1v) is 5.20. The van der Waals surface area contributed by atoms with E-state index >= 15 is 0 Å². The molecule has 3 aromatic rings. The molecule has 0 saturated carbocycles. The Labute approximate surface area is 102 Å². The Bertz CT molecular complexity index is 587. The summed E-state index contributed by atoms with van der Waals surface area (Å²) in [5.41, 5.74) is 2.74. The zero-order chi connectivity index (χ0) is 12.2. The Kier molecular flexibility index (Phi) is 2.63. The van der Waals surface area contributed by atoms with Crippen molar-refractivity contribution in [1.29, 1.82) is 0 Å². The van der Waals surface area contributed by atoms with Crippen LogP contribution in [-0.4, -0.2) is 35.8 Å². The fourth-order valence-corrected chi connectivity index (χ4v) is 1.48. The zero-order valence-electron chi connectivity index (χ0n) is 9.17. The predicted octanol–water partition coefficient (Wildman–Crippen LogP) is 0.786. The number of hydrogen-bond acceptors (Lipinski definition) is 7. The Balaban J connectivity index is 2.05. The number of rotatable bonds is 2. The maximum atomic E-state index is 4.45. The lowest BCUT2D eigenvalue weighted by atomic mass is 10.2. The van der Waals surface area contributed by atoms with E-state index in [1.807, 2.05) is 18.2 Å². The second-order valence-corrected chi connectivity index (χ2v) is 3.42. The topological polar surface area (TPSA) is 90.2 Å². The van der Waals surface area contributed by atoms with Gasteiger partial charge in [-0.05, 0) is 34.7 Å². The highest BCUT2D eigenvalue weighted by Gasteiger charge is 2.05. The molecule has 0 N–H and O–H groups in total. The largest absolute Gasteiger partial charge is 0.244 e. The van der Waals surface area contributed by atoms with Crippen molar-refractivity contribution in [2.45, 2.75) is 0 Å². The fraction of sp³-hybridized carbons (Fsp3) is 0. The monoisotopic (exact) mass is 237 g/mol. The van der Waals surface area contributed by atoms with Gasteiger partial charge in [0, 0.05) is 0 Å². The SMILES string of the molecule is c1cc(-c2ccnnn2)nc(-c2ccnnn2)c1. The van der Waals surface area contributed by atoms with Crippen molar-refractivity contribution in [3.05, 3.63) is 42.7 Å². The third-order valence-electron chi connectivity index (χ3n) is 2.28. The summed E-state index contributed by atoms with van der Waals surface area (Å²) in [5, 5.41) is 22.3. The van der Waals surface area contributed by atoms with Gasteiger partial charge in [0.05, 0.1) is 23.8 Å². The van der Waals surface area contributed by atoms with E-state index in [0.717, 1.165) is 0 Å². The van der Waals surface area contributed by atoms with Crippen molar-refractivity contribution < 1.29 is 0 Å². The first kappa shape index (κ1) is 10.3. The Morgan fingerprint density at radius 3 is 1.61 bits per heavy atom. The molecule has 86 valence electrons. The molecule has 0 spiro atoms. The van der Waals surface area contributed by atoms with Crippen molar-refractivity contribution >= 4 is 0 Å². The van der Waals surface area contributed by atoms with Crippen molar-refractivity contribution in [1.82, 2.24) is 35.8 Å². The van der Waals surface area contributed by atoms with E-state index in [4.69, 9.17) is 0 Å². The first-order valence-electron chi connectivity index (χ1n) is 5.20. The molecule has 0 amide bonds. The van der Waals surface area contributed by atoms with Crippen molar-refractivity contribution in [2.75, 3.05) is 0 Å². The van der Waals surface area contributed by atoms with E-state index < -0.39 is 0 Å². The van der Waals surface area contributed by atoms with Crippen LogP contribution in [0.3, 0.4) is 0 Å². The summed E-state index contributed by atoms with van der Waals surface area (Å²) in [7, 11) is 0. The van der Waals surface area contributed by atoms with Crippen LogP contribution in [0.4, 0.5) is 0 Å². The van der Waals surface area contributed by atoms with Gasteiger partial charge in [-0.2, -0.15) is 0 Å². The molecule has 7 heteroatoms. The molecule has 3 aromatic heterocycles. The lowest BCUT2D eigenvalue weighted by Gasteiger charge is -2.01. The van der Waals surface area contributed by atoms with Gasteiger partial charge in [0.25, 0.3) is 0 Å². The van der Waals surface area contributed by atoms with Gasteiger partial charge in [-0.15, -0.1) is 20.4 Å². The number of aromatic nitrogens is 7. The van der Waals surface area contributed by atoms with Crippen LogP contribution in [0.2, 0.25) is 0 Å². The highest BCUT2D eigenvalue weighted by atomic mass is 15.3. The molecule has 3 rings (SSSR count). The van der Waals surface area contributed by atoms with E-state index in [0.29, 0.717) is 22.8 Å². The normalized spacial score (nSPS) is 10.2. The molecule has 0 saturated heterocycles. The summed E-state index contributed by atoms with van der Waals surface area (Å²) in [6.07, 6.45) is 3.14. The molecule has 0 aliphatic carbocycles. The van der Waals surface area contributed by atoms with Gasteiger partial charge in [-0.1, -0.05) is 6.07 Å². The van der Waals surface area contributed by atoms with Gasteiger partial charge in [-0.3, -0.25) is 0 Å². The second kappa shape index (κ2) is 4.58. The maximum Gasteiger partial charge on any atom is 0.115 e. The molecule has 0 aromatic carbocycles. The summed E-state index contributed by atoms with van der Waals surface area (Å²) in [6.45, 7) is 0. The molecule has 3 heterocycles. The predicted molar refractivity (Wildman–Crippen MR) is 61.9 cm³/mol. The second-order valence-electron chi connectivity index (χ2n) is 3.42. The standard InChI is InChI=1S/C11H7N7/c1-2-8(10-4-6-12-17-15-10)14-9(3-1)11-5-7-13-18-16-11/h1-7H. The van der Waals surface area contributed by atoms with Crippen LogP contribution in [0.15, 0.2) is 42.7 Å². The smallest absolute Gasteiger partial charge is 0.115 e. The molecule has 0 fully saturated rings. The molecule has 0 aliphatic heterocycles. The lowest BCUT2D eigenvalue weighted by molar-refractivity contribution is 0.863. The highest BCUT2D eigenvalue weighted by molar-refractivity contribution is 5.60. The van der Waals surface area contributed by atoms with Crippen LogP contribution in [0, 0.1) is 0 Å². The summed E-state index contributed by atoms with van der Waals surface area (Å²) < 4.78 is 0. The molecule has 0 radical (unpaired) electrons. The van der Waals surface area contributed by atoms with E-state index in [1.54, 1.807) is 24.5 Å². The number of nitrogens with zero attached hydrogens (tertiary/aromatic N) is 7. The fourth-order valence-electron chi connectivity index (χ4n) is 1.48. The van der Waals surface area contributed by atoms with E-state index in [-0.39, 0.29) is 0 Å². The zero-order valence-corrected chi connectivity index (χ0v) is 9.17. The van der Waals surface area contributed by atoms with Crippen LogP contribution in [0.1, 0.15) is 0 Å². The molecule has 7 nitrogen and oxygen atoms in total. The van der Waals surface area contributed by atoms with Gasteiger partial charge in [0.15, 0.2) is 0 Å². The van der Waals surface area contributed by atoms with Gasteiger partial charge in [0.1, 0.15) is 11.4 Å². The van der Waals surface area contributed by atoms with E-state index in [2.05, 4.69) is 35.8 Å². The van der Waals surface area contributed by atoms with E-state index in [9.17, 15) is 0 Å². The molecule has 0 bridgehead atoms. The minimum absolute atomic E-state index is 0.661. The van der Waals surface area contributed by atoms with Crippen LogP contribution >= 0.6 is 0 Å². The Hall–Kier alpha value is -2.83. The molecular formula is C11H7N7.